The molecule has 7 heteroatoms. The monoisotopic (exact) mass is 402 g/mol. The van der Waals surface area contributed by atoms with Crippen LogP contribution in [0, 0.1) is 6.92 Å². The van der Waals surface area contributed by atoms with E-state index in [9.17, 15) is 14.4 Å². The van der Waals surface area contributed by atoms with Crippen molar-refractivity contribution in [2.24, 2.45) is 0 Å². The van der Waals surface area contributed by atoms with E-state index < -0.39 is 5.97 Å². The van der Waals surface area contributed by atoms with Gasteiger partial charge in [-0.15, -0.1) is 0 Å². The number of nitrogens with one attached hydrogen (secondary N) is 1. The number of esters is 1. The number of hydrogen-bond donors (Lipinski definition) is 1. The van der Waals surface area contributed by atoms with Gasteiger partial charge in [-0.2, -0.15) is 0 Å². The molecule has 0 aliphatic carbocycles. The van der Waals surface area contributed by atoms with E-state index in [1.807, 2.05) is 32.9 Å². The average Bonchev–Trinajstić information content (AvgIpc) is 2.64. The van der Waals surface area contributed by atoms with E-state index in [0.29, 0.717) is 24.3 Å². The molecule has 28 heavy (non-hydrogen) atoms. The SMILES string of the molecule is CCN(CC)C(=O)c1cc(NC(=O)c2ccc(C)cc2)cc(Cl)c1OC(C)=O. The number of anilines is 1. The summed E-state index contributed by atoms with van der Waals surface area (Å²) in [5.74, 6) is -1.28. The number of benzene rings is 2. The molecule has 0 aromatic heterocycles. The number of hydrogen-bond acceptors (Lipinski definition) is 4. The van der Waals surface area contributed by atoms with Crippen molar-refractivity contribution in [3.8, 4) is 5.75 Å². The van der Waals surface area contributed by atoms with Gasteiger partial charge in [0.2, 0.25) is 0 Å². The third-order valence-electron chi connectivity index (χ3n) is 4.14. The first kappa shape index (κ1) is 21.4. The number of aryl methyl sites for hydroxylation is 1. The van der Waals surface area contributed by atoms with Crippen molar-refractivity contribution in [1.82, 2.24) is 4.90 Å². The highest BCUT2D eigenvalue weighted by atomic mass is 35.5. The lowest BCUT2D eigenvalue weighted by molar-refractivity contribution is -0.131. The molecule has 0 saturated carbocycles. The number of nitrogens with zero attached hydrogens (tertiary/aromatic N) is 1. The summed E-state index contributed by atoms with van der Waals surface area (Å²) in [7, 11) is 0. The summed E-state index contributed by atoms with van der Waals surface area (Å²) < 4.78 is 5.16. The van der Waals surface area contributed by atoms with Crippen LogP contribution in [-0.2, 0) is 4.79 Å². The third-order valence-corrected chi connectivity index (χ3v) is 4.42. The Hall–Kier alpha value is -2.86. The molecule has 0 aliphatic heterocycles. The number of halogens is 1. The van der Waals surface area contributed by atoms with Crippen LogP contribution in [0.2, 0.25) is 5.02 Å². The van der Waals surface area contributed by atoms with Crippen LogP contribution < -0.4 is 10.1 Å². The number of carbonyl (C=O) groups excluding carboxylic acids is 3. The Morgan fingerprint density at radius 1 is 1.07 bits per heavy atom. The summed E-state index contributed by atoms with van der Waals surface area (Å²) >= 11 is 6.26. The zero-order valence-electron chi connectivity index (χ0n) is 16.3. The molecule has 1 N–H and O–H groups in total. The highest BCUT2D eigenvalue weighted by Gasteiger charge is 2.23. The first-order valence-electron chi connectivity index (χ1n) is 8.96. The second-order valence-electron chi connectivity index (χ2n) is 6.23. The van der Waals surface area contributed by atoms with Gasteiger partial charge in [0, 0.05) is 31.3 Å². The van der Waals surface area contributed by atoms with Crippen LogP contribution in [-0.4, -0.2) is 35.8 Å². The third kappa shape index (κ3) is 5.10. The van der Waals surface area contributed by atoms with E-state index in [2.05, 4.69) is 5.32 Å². The summed E-state index contributed by atoms with van der Waals surface area (Å²) in [4.78, 5) is 38.4. The predicted octanol–water partition coefficient (Wildman–Crippen LogP) is 4.31. The predicted molar refractivity (Wildman–Crippen MR) is 109 cm³/mol. The van der Waals surface area contributed by atoms with Crippen LogP contribution in [0.5, 0.6) is 5.75 Å². The molecule has 2 amide bonds. The van der Waals surface area contributed by atoms with Crippen LogP contribution in [0.4, 0.5) is 5.69 Å². The number of amides is 2. The second-order valence-corrected chi connectivity index (χ2v) is 6.63. The van der Waals surface area contributed by atoms with E-state index >= 15 is 0 Å². The molecular formula is C21H23ClN2O4. The van der Waals surface area contributed by atoms with E-state index in [4.69, 9.17) is 16.3 Å². The molecule has 0 fully saturated rings. The lowest BCUT2D eigenvalue weighted by Gasteiger charge is -2.21. The molecule has 148 valence electrons. The van der Waals surface area contributed by atoms with Crippen molar-refractivity contribution in [3.05, 3.63) is 58.1 Å². The Kier molecular flexibility index (Phi) is 7.18. The standard InChI is InChI=1S/C21H23ClN2O4/c1-5-24(6-2)21(27)17-11-16(12-18(22)19(17)28-14(4)25)23-20(26)15-9-7-13(3)8-10-15/h7-12H,5-6H2,1-4H3,(H,23,26). The smallest absolute Gasteiger partial charge is 0.308 e. The van der Waals surface area contributed by atoms with Crippen LogP contribution in [0.3, 0.4) is 0 Å². The summed E-state index contributed by atoms with van der Waals surface area (Å²) in [5.41, 5.74) is 1.97. The first-order chi connectivity index (χ1) is 13.3. The zero-order chi connectivity index (χ0) is 20.8. The van der Waals surface area contributed by atoms with Crippen molar-refractivity contribution in [3.63, 3.8) is 0 Å². The average molecular weight is 403 g/mol. The summed E-state index contributed by atoms with van der Waals surface area (Å²) in [6, 6.07) is 10.0. The van der Waals surface area contributed by atoms with E-state index in [1.165, 1.54) is 19.1 Å². The number of ether oxygens (including phenoxy) is 1. The molecule has 0 saturated heterocycles. The topological polar surface area (TPSA) is 75.7 Å². The normalized spacial score (nSPS) is 10.3. The molecule has 2 aromatic carbocycles. The van der Waals surface area contributed by atoms with Gasteiger partial charge in [0.15, 0.2) is 5.75 Å². The van der Waals surface area contributed by atoms with Gasteiger partial charge >= 0.3 is 5.97 Å². The minimum atomic E-state index is -0.591. The minimum absolute atomic E-state index is 0.0144. The maximum absolute atomic E-state index is 12.9. The molecule has 0 radical (unpaired) electrons. The quantitative estimate of drug-likeness (QED) is 0.577. The van der Waals surface area contributed by atoms with Crippen LogP contribution in [0.1, 0.15) is 47.1 Å². The number of carbonyl (C=O) groups is 3. The lowest BCUT2D eigenvalue weighted by Crippen LogP contribution is -2.31. The van der Waals surface area contributed by atoms with E-state index in [1.54, 1.807) is 17.0 Å². The lowest BCUT2D eigenvalue weighted by atomic mass is 10.1. The van der Waals surface area contributed by atoms with Gasteiger partial charge in [0.25, 0.3) is 11.8 Å². The van der Waals surface area contributed by atoms with Gasteiger partial charge in [0.1, 0.15) is 0 Å². The van der Waals surface area contributed by atoms with Gasteiger partial charge in [-0.1, -0.05) is 29.3 Å². The minimum Gasteiger partial charge on any atom is -0.424 e. The maximum Gasteiger partial charge on any atom is 0.308 e. The Morgan fingerprint density at radius 2 is 1.68 bits per heavy atom. The Morgan fingerprint density at radius 3 is 2.21 bits per heavy atom. The Labute approximate surface area is 169 Å². The van der Waals surface area contributed by atoms with Crippen molar-refractivity contribution in [2.75, 3.05) is 18.4 Å². The zero-order valence-corrected chi connectivity index (χ0v) is 17.1. The Bertz CT molecular complexity index is 890. The Balaban J connectivity index is 2.43. The van der Waals surface area contributed by atoms with E-state index in [0.717, 1.165) is 5.56 Å². The van der Waals surface area contributed by atoms with Crippen LogP contribution >= 0.6 is 11.6 Å². The fraction of sp³-hybridized carbons (Fsp3) is 0.286. The molecule has 0 spiro atoms. The fourth-order valence-corrected chi connectivity index (χ4v) is 2.92. The van der Waals surface area contributed by atoms with E-state index in [-0.39, 0.29) is 28.1 Å². The molecule has 0 heterocycles. The van der Waals surface area contributed by atoms with Crippen molar-refractivity contribution >= 4 is 35.1 Å². The second kappa shape index (κ2) is 9.37. The summed E-state index contributed by atoms with van der Waals surface area (Å²) in [6.07, 6.45) is 0. The molecule has 6 nitrogen and oxygen atoms in total. The van der Waals surface area contributed by atoms with Gasteiger partial charge in [-0.25, -0.2) is 0 Å². The van der Waals surface area contributed by atoms with Crippen LogP contribution in [0.25, 0.3) is 0 Å². The first-order valence-corrected chi connectivity index (χ1v) is 9.33. The fourth-order valence-electron chi connectivity index (χ4n) is 2.66. The molecule has 0 bridgehead atoms. The van der Waals surface area contributed by atoms with Crippen molar-refractivity contribution < 1.29 is 19.1 Å². The van der Waals surface area contributed by atoms with Gasteiger partial charge in [0.05, 0.1) is 10.6 Å². The van der Waals surface area contributed by atoms with Crippen LogP contribution in [0.15, 0.2) is 36.4 Å². The van der Waals surface area contributed by atoms with Gasteiger partial charge in [-0.3, -0.25) is 14.4 Å². The molecule has 2 aromatic rings. The van der Waals surface area contributed by atoms with Gasteiger partial charge < -0.3 is 15.0 Å². The summed E-state index contributed by atoms with van der Waals surface area (Å²) in [5, 5.41) is 2.80. The number of rotatable bonds is 6. The highest BCUT2D eigenvalue weighted by Crippen LogP contribution is 2.34. The van der Waals surface area contributed by atoms with Gasteiger partial charge in [-0.05, 0) is 45.0 Å². The van der Waals surface area contributed by atoms with Crippen molar-refractivity contribution in [2.45, 2.75) is 27.7 Å². The molecule has 0 atom stereocenters. The molecule has 0 aliphatic rings. The molecular weight excluding hydrogens is 380 g/mol. The largest absolute Gasteiger partial charge is 0.424 e. The molecule has 2 rings (SSSR count). The highest BCUT2D eigenvalue weighted by molar-refractivity contribution is 6.33. The van der Waals surface area contributed by atoms with Crippen molar-refractivity contribution in [1.29, 1.82) is 0 Å². The summed E-state index contributed by atoms with van der Waals surface area (Å²) in [6.45, 7) is 7.81. The maximum atomic E-state index is 12.9. The molecule has 0 unspecified atom stereocenters.